The zero-order chi connectivity index (χ0) is 54.3. The first-order chi connectivity index (χ1) is 37.0. The number of hydrogen-bond acceptors (Lipinski definition) is 5. The lowest BCUT2D eigenvalue weighted by Crippen LogP contribution is -2.45. The second kappa shape index (κ2) is 64.9. The largest absolute Gasteiger partial charge is 0.466 e. The van der Waals surface area contributed by atoms with Gasteiger partial charge in [0.2, 0.25) is 5.91 Å². The van der Waals surface area contributed by atoms with Crippen molar-refractivity contribution in [1.29, 1.82) is 0 Å². The number of amides is 1. The minimum atomic E-state index is -0.841. The van der Waals surface area contributed by atoms with E-state index in [1.807, 2.05) is 6.08 Å². The Bertz CT molecular complexity index is 1170. The van der Waals surface area contributed by atoms with Crippen molar-refractivity contribution >= 4 is 11.9 Å². The fourth-order valence-corrected chi connectivity index (χ4v) is 10.7. The molecule has 0 bridgehead atoms. The zero-order valence-corrected chi connectivity index (χ0v) is 50.8. The van der Waals surface area contributed by atoms with E-state index in [9.17, 15) is 19.8 Å². The Morgan fingerprint density at radius 2 is 0.627 bits per heavy atom. The molecule has 0 heterocycles. The van der Waals surface area contributed by atoms with Crippen LogP contribution in [0.2, 0.25) is 0 Å². The molecular formula is C69H133NO5. The number of nitrogens with one attached hydrogen (secondary N) is 1. The van der Waals surface area contributed by atoms with Crippen molar-refractivity contribution in [1.82, 2.24) is 5.32 Å². The van der Waals surface area contributed by atoms with Gasteiger partial charge in [-0.15, -0.1) is 0 Å². The molecule has 0 radical (unpaired) electrons. The van der Waals surface area contributed by atoms with Gasteiger partial charge < -0.3 is 20.3 Å². The third-order valence-electron chi connectivity index (χ3n) is 16.0. The molecule has 0 aliphatic carbocycles. The Morgan fingerprint density at radius 1 is 0.360 bits per heavy atom. The summed E-state index contributed by atoms with van der Waals surface area (Å²) in [4.78, 5) is 24.5. The molecule has 444 valence electrons. The van der Waals surface area contributed by atoms with E-state index < -0.39 is 12.1 Å². The van der Waals surface area contributed by atoms with Crippen molar-refractivity contribution in [2.75, 3.05) is 13.2 Å². The van der Waals surface area contributed by atoms with Gasteiger partial charge >= 0.3 is 5.97 Å². The van der Waals surface area contributed by atoms with Gasteiger partial charge in [-0.1, -0.05) is 334 Å². The highest BCUT2D eigenvalue weighted by Gasteiger charge is 2.18. The summed E-state index contributed by atoms with van der Waals surface area (Å²) in [6.07, 6.45) is 81.2. The van der Waals surface area contributed by atoms with Gasteiger partial charge in [-0.3, -0.25) is 9.59 Å². The number of unbranched alkanes of at least 4 members (excludes halogenated alkanes) is 51. The van der Waals surface area contributed by atoms with Crippen LogP contribution in [0.3, 0.4) is 0 Å². The minimum Gasteiger partial charge on any atom is -0.466 e. The number of aliphatic hydroxyl groups is 2. The van der Waals surface area contributed by atoms with Crippen LogP contribution < -0.4 is 5.32 Å². The SMILES string of the molecule is CCCCCCCCCC/C=C/C(O)C(CO)NC(=O)CCCCCCCCCCCCCCC/C=C\CCCCCCCCCCCCCCOC(=O)CCCCCCCCCCCCCCCCCCCCC. The predicted octanol–water partition coefficient (Wildman–Crippen LogP) is 21.8. The van der Waals surface area contributed by atoms with Crippen molar-refractivity contribution in [2.24, 2.45) is 0 Å². The molecule has 6 nitrogen and oxygen atoms in total. The number of carbonyl (C=O) groups is 2. The third-order valence-corrected chi connectivity index (χ3v) is 16.0. The van der Waals surface area contributed by atoms with Crippen molar-refractivity contribution in [3.8, 4) is 0 Å². The highest BCUT2D eigenvalue weighted by Crippen LogP contribution is 2.18. The maximum absolute atomic E-state index is 12.4. The number of rotatable bonds is 64. The molecule has 2 unspecified atom stereocenters. The first-order valence-electron chi connectivity index (χ1n) is 34.1. The fraction of sp³-hybridized carbons (Fsp3) is 0.913. The average Bonchev–Trinajstić information content (AvgIpc) is 3.41. The van der Waals surface area contributed by atoms with E-state index >= 15 is 0 Å². The monoisotopic (exact) mass is 1060 g/mol. The molecule has 0 saturated carbocycles. The van der Waals surface area contributed by atoms with Crippen molar-refractivity contribution in [3.05, 3.63) is 24.3 Å². The van der Waals surface area contributed by atoms with E-state index in [1.54, 1.807) is 6.08 Å². The van der Waals surface area contributed by atoms with Crippen LogP contribution in [0.1, 0.15) is 380 Å². The van der Waals surface area contributed by atoms with Crippen molar-refractivity contribution in [3.63, 3.8) is 0 Å². The maximum Gasteiger partial charge on any atom is 0.305 e. The molecule has 0 spiro atoms. The van der Waals surface area contributed by atoms with E-state index in [0.717, 1.165) is 38.5 Å². The van der Waals surface area contributed by atoms with E-state index in [4.69, 9.17) is 4.74 Å². The maximum atomic E-state index is 12.4. The number of hydrogen-bond donors (Lipinski definition) is 3. The van der Waals surface area contributed by atoms with Crippen LogP contribution in [-0.2, 0) is 14.3 Å². The summed E-state index contributed by atoms with van der Waals surface area (Å²) in [5.41, 5.74) is 0. The van der Waals surface area contributed by atoms with E-state index in [2.05, 4.69) is 31.3 Å². The fourth-order valence-electron chi connectivity index (χ4n) is 10.7. The molecule has 75 heavy (non-hydrogen) atoms. The lowest BCUT2D eigenvalue weighted by Gasteiger charge is -2.20. The zero-order valence-electron chi connectivity index (χ0n) is 50.8. The smallest absolute Gasteiger partial charge is 0.305 e. The first kappa shape index (κ1) is 73.3. The first-order valence-corrected chi connectivity index (χ1v) is 34.1. The molecule has 6 heteroatoms. The topological polar surface area (TPSA) is 95.9 Å². The van der Waals surface area contributed by atoms with Crippen molar-refractivity contribution < 1.29 is 24.5 Å². The molecule has 0 aliphatic heterocycles. The van der Waals surface area contributed by atoms with Gasteiger partial charge in [0.15, 0.2) is 0 Å². The summed E-state index contributed by atoms with van der Waals surface area (Å²) in [6, 6.07) is -0.625. The molecule has 1 amide bonds. The molecule has 0 fully saturated rings. The van der Waals surface area contributed by atoms with Gasteiger partial charge in [0.1, 0.15) is 0 Å². The highest BCUT2D eigenvalue weighted by atomic mass is 16.5. The second-order valence-corrected chi connectivity index (χ2v) is 23.5. The lowest BCUT2D eigenvalue weighted by atomic mass is 10.0. The van der Waals surface area contributed by atoms with E-state index in [-0.39, 0.29) is 18.5 Å². The summed E-state index contributed by atoms with van der Waals surface area (Å²) >= 11 is 0. The van der Waals surface area contributed by atoms with Gasteiger partial charge in [-0.05, 0) is 57.8 Å². The molecule has 0 rings (SSSR count). The predicted molar refractivity (Wildman–Crippen MR) is 329 cm³/mol. The van der Waals surface area contributed by atoms with E-state index in [1.165, 1.54) is 315 Å². The van der Waals surface area contributed by atoms with Crippen LogP contribution in [-0.4, -0.2) is 47.4 Å². The van der Waals surface area contributed by atoms with Gasteiger partial charge in [0, 0.05) is 12.8 Å². The van der Waals surface area contributed by atoms with Crippen LogP contribution in [0.4, 0.5) is 0 Å². The lowest BCUT2D eigenvalue weighted by molar-refractivity contribution is -0.143. The minimum absolute atomic E-state index is 0.0214. The normalized spacial score (nSPS) is 12.6. The third kappa shape index (κ3) is 61.4. The summed E-state index contributed by atoms with van der Waals surface area (Å²) in [5.74, 6) is -0.0463. The summed E-state index contributed by atoms with van der Waals surface area (Å²) in [7, 11) is 0. The Morgan fingerprint density at radius 3 is 0.947 bits per heavy atom. The number of allylic oxidation sites excluding steroid dienone is 3. The number of esters is 1. The molecule has 0 aromatic rings. The molecule has 0 aromatic heterocycles. The van der Waals surface area contributed by atoms with Crippen molar-refractivity contribution in [2.45, 2.75) is 392 Å². The highest BCUT2D eigenvalue weighted by molar-refractivity contribution is 5.76. The summed E-state index contributed by atoms with van der Waals surface area (Å²) < 4.78 is 5.51. The second-order valence-electron chi connectivity index (χ2n) is 23.5. The average molecular weight is 1060 g/mol. The van der Waals surface area contributed by atoms with Gasteiger partial charge in [-0.25, -0.2) is 0 Å². The number of aliphatic hydroxyl groups excluding tert-OH is 2. The van der Waals surface area contributed by atoms with Crippen LogP contribution in [0, 0.1) is 0 Å². The Hall–Kier alpha value is -1.66. The summed E-state index contributed by atoms with van der Waals surface area (Å²) in [6.45, 7) is 4.92. The quantitative estimate of drug-likeness (QED) is 0.0320. The number of ether oxygens (including phenoxy) is 1. The molecule has 0 saturated heterocycles. The molecule has 3 N–H and O–H groups in total. The van der Waals surface area contributed by atoms with Gasteiger partial charge in [0.05, 0.1) is 25.4 Å². The van der Waals surface area contributed by atoms with Crippen LogP contribution in [0.15, 0.2) is 24.3 Å². The molecular weight excluding hydrogens is 923 g/mol. The Labute approximate surface area is 469 Å². The Balaban J connectivity index is 3.33. The van der Waals surface area contributed by atoms with Gasteiger partial charge in [-0.2, -0.15) is 0 Å². The molecule has 2 atom stereocenters. The Kier molecular flexibility index (Phi) is 63.4. The van der Waals surface area contributed by atoms with Crippen LogP contribution in [0.25, 0.3) is 0 Å². The molecule has 0 aliphatic rings. The number of carbonyl (C=O) groups excluding carboxylic acids is 2. The summed E-state index contributed by atoms with van der Waals surface area (Å²) in [5, 5.41) is 23.0. The molecule has 0 aromatic carbocycles. The standard InChI is InChI=1S/C69H133NO5/c1-3-5-7-9-11-13-15-16-17-18-30-34-37-40-43-47-51-55-59-63-69(74)75-64-60-56-52-48-44-41-38-35-32-29-27-25-23-21-19-20-22-24-26-28-31-33-36-39-42-46-50-54-58-62-68(73)70-66(65-71)67(72)61-57-53-49-45-14-12-10-8-6-4-2/h19,21,57,61,66-67,71-72H,3-18,20,22-56,58-60,62-65H2,1-2H3,(H,70,73)/b21-19-,61-57+. The van der Waals surface area contributed by atoms with Crippen LogP contribution >= 0.6 is 0 Å². The van der Waals surface area contributed by atoms with E-state index in [0.29, 0.717) is 19.4 Å². The van der Waals surface area contributed by atoms with Gasteiger partial charge in [0.25, 0.3) is 0 Å². The van der Waals surface area contributed by atoms with Crippen LogP contribution in [0.5, 0.6) is 0 Å².